The fourth-order valence-corrected chi connectivity index (χ4v) is 2.46. The Morgan fingerprint density at radius 3 is 3.05 bits per heavy atom. The van der Waals surface area contributed by atoms with Crippen LogP contribution in [-0.4, -0.2) is 40.9 Å². The average molecular weight is 296 g/mol. The summed E-state index contributed by atoms with van der Waals surface area (Å²) < 4.78 is 13.2. The van der Waals surface area contributed by atoms with Gasteiger partial charge in [-0.25, -0.2) is 4.39 Å². The van der Waals surface area contributed by atoms with E-state index in [2.05, 4.69) is 32.3 Å². The molecule has 2 aromatic rings. The molecule has 7 heteroatoms. The highest BCUT2D eigenvalue weighted by molar-refractivity contribution is 6.31. The molecule has 1 aromatic carbocycles. The maximum atomic E-state index is 13.2. The third kappa shape index (κ3) is 2.62. The summed E-state index contributed by atoms with van der Waals surface area (Å²) in [4.78, 5) is 6.58. The molecule has 1 aliphatic rings. The highest BCUT2D eigenvalue weighted by Gasteiger charge is 2.19. The van der Waals surface area contributed by atoms with E-state index < -0.39 is 5.82 Å². The number of aromatic nitrogens is 3. The molecule has 0 spiro atoms. The SMILES string of the molecule is C[C@H]1CN(c2n[nH]c(-c3ccc(F)c(Cl)c3)n2)CCN1. The molecule has 20 heavy (non-hydrogen) atoms. The van der Waals surface area contributed by atoms with Crippen LogP contribution in [0.15, 0.2) is 18.2 Å². The molecule has 0 radical (unpaired) electrons. The molecule has 106 valence electrons. The highest BCUT2D eigenvalue weighted by Crippen LogP contribution is 2.23. The Morgan fingerprint density at radius 1 is 1.45 bits per heavy atom. The summed E-state index contributed by atoms with van der Waals surface area (Å²) in [6.45, 7) is 4.76. The van der Waals surface area contributed by atoms with E-state index in [0.717, 1.165) is 25.2 Å². The van der Waals surface area contributed by atoms with Gasteiger partial charge in [0.15, 0.2) is 5.82 Å². The zero-order valence-electron chi connectivity index (χ0n) is 11.0. The number of H-pyrrole nitrogens is 1. The van der Waals surface area contributed by atoms with Crippen molar-refractivity contribution >= 4 is 17.5 Å². The normalized spacial score (nSPS) is 19.4. The number of piperazine rings is 1. The van der Waals surface area contributed by atoms with Crippen molar-refractivity contribution in [2.24, 2.45) is 0 Å². The van der Waals surface area contributed by atoms with Crippen LogP contribution in [0.4, 0.5) is 10.3 Å². The first-order valence-electron chi connectivity index (χ1n) is 6.49. The number of aromatic amines is 1. The number of nitrogens with zero attached hydrogens (tertiary/aromatic N) is 3. The minimum Gasteiger partial charge on any atom is -0.337 e. The molecule has 0 aliphatic carbocycles. The molecule has 2 heterocycles. The summed E-state index contributed by atoms with van der Waals surface area (Å²) >= 11 is 5.78. The van der Waals surface area contributed by atoms with Gasteiger partial charge < -0.3 is 10.2 Å². The van der Waals surface area contributed by atoms with Crippen LogP contribution < -0.4 is 10.2 Å². The summed E-state index contributed by atoms with van der Waals surface area (Å²) in [5, 5.41) is 10.6. The van der Waals surface area contributed by atoms with Gasteiger partial charge in [-0.1, -0.05) is 11.6 Å². The number of nitrogens with one attached hydrogen (secondary N) is 2. The summed E-state index contributed by atoms with van der Waals surface area (Å²) in [6, 6.07) is 4.91. The maximum absolute atomic E-state index is 13.2. The molecule has 5 nitrogen and oxygen atoms in total. The molecule has 3 rings (SSSR count). The predicted molar refractivity (Wildman–Crippen MR) is 76.5 cm³/mol. The van der Waals surface area contributed by atoms with Gasteiger partial charge in [-0.3, -0.25) is 5.10 Å². The molecular formula is C13H15ClFN5. The Labute approximate surface area is 121 Å². The van der Waals surface area contributed by atoms with E-state index in [9.17, 15) is 4.39 Å². The minimum atomic E-state index is -0.439. The Kier molecular flexibility index (Phi) is 3.58. The number of rotatable bonds is 2. The van der Waals surface area contributed by atoms with Gasteiger partial charge in [0, 0.05) is 31.2 Å². The van der Waals surface area contributed by atoms with E-state index in [4.69, 9.17) is 11.6 Å². The molecule has 1 fully saturated rings. The van der Waals surface area contributed by atoms with Gasteiger partial charge in [-0.15, -0.1) is 5.10 Å². The molecular weight excluding hydrogens is 281 g/mol. The van der Waals surface area contributed by atoms with Crippen LogP contribution in [0.2, 0.25) is 5.02 Å². The standard InChI is InChI=1S/C13H15ClFN5/c1-8-7-20(5-4-16-8)13-17-12(18-19-13)9-2-3-11(15)10(14)6-9/h2-3,6,8,16H,4-5,7H2,1H3,(H,17,18,19)/t8-/m0/s1. The van der Waals surface area contributed by atoms with Gasteiger partial charge >= 0.3 is 0 Å². The molecule has 1 aliphatic heterocycles. The van der Waals surface area contributed by atoms with Crippen molar-refractivity contribution in [2.45, 2.75) is 13.0 Å². The topological polar surface area (TPSA) is 56.8 Å². The van der Waals surface area contributed by atoms with Gasteiger partial charge in [0.1, 0.15) is 5.82 Å². The third-order valence-corrected chi connectivity index (χ3v) is 3.61. The van der Waals surface area contributed by atoms with Gasteiger partial charge in [0.2, 0.25) is 5.95 Å². The van der Waals surface area contributed by atoms with Crippen molar-refractivity contribution in [3.05, 3.63) is 29.0 Å². The van der Waals surface area contributed by atoms with Gasteiger partial charge in [0.05, 0.1) is 5.02 Å². The first kappa shape index (κ1) is 13.3. The Balaban J connectivity index is 1.84. The molecule has 1 atom stereocenters. The maximum Gasteiger partial charge on any atom is 0.245 e. The van der Waals surface area contributed by atoms with E-state index in [1.807, 2.05) is 0 Å². The van der Waals surface area contributed by atoms with Crippen LogP contribution >= 0.6 is 11.6 Å². The van der Waals surface area contributed by atoms with Gasteiger partial charge in [0.25, 0.3) is 0 Å². The van der Waals surface area contributed by atoms with Crippen molar-refractivity contribution in [3.8, 4) is 11.4 Å². The first-order valence-corrected chi connectivity index (χ1v) is 6.87. The van der Waals surface area contributed by atoms with E-state index in [1.165, 1.54) is 6.07 Å². The number of hydrogen-bond donors (Lipinski definition) is 2. The Hall–Kier alpha value is -1.66. The van der Waals surface area contributed by atoms with E-state index in [1.54, 1.807) is 12.1 Å². The van der Waals surface area contributed by atoms with Crippen LogP contribution in [-0.2, 0) is 0 Å². The fourth-order valence-electron chi connectivity index (χ4n) is 2.28. The Morgan fingerprint density at radius 2 is 2.30 bits per heavy atom. The fraction of sp³-hybridized carbons (Fsp3) is 0.385. The van der Waals surface area contributed by atoms with Crippen LogP contribution in [0.1, 0.15) is 6.92 Å². The van der Waals surface area contributed by atoms with Crippen molar-refractivity contribution in [2.75, 3.05) is 24.5 Å². The van der Waals surface area contributed by atoms with Crippen LogP contribution in [0.25, 0.3) is 11.4 Å². The predicted octanol–water partition coefficient (Wildman–Crippen LogP) is 2.06. The third-order valence-electron chi connectivity index (χ3n) is 3.32. The molecule has 0 bridgehead atoms. The van der Waals surface area contributed by atoms with Crippen LogP contribution in [0, 0.1) is 5.82 Å². The Bertz CT molecular complexity index is 615. The van der Waals surface area contributed by atoms with E-state index >= 15 is 0 Å². The second-order valence-corrected chi connectivity index (χ2v) is 5.32. The van der Waals surface area contributed by atoms with Gasteiger partial charge in [-0.05, 0) is 25.1 Å². The van der Waals surface area contributed by atoms with E-state index in [-0.39, 0.29) is 5.02 Å². The molecule has 0 unspecified atom stereocenters. The lowest BCUT2D eigenvalue weighted by atomic mass is 10.2. The molecule has 2 N–H and O–H groups in total. The number of anilines is 1. The lowest BCUT2D eigenvalue weighted by Crippen LogP contribution is -2.49. The summed E-state index contributed by atoms with van der Waals surface area (Å²) in [6.07, 6.45) is 0. The first-order chi connectivity index (χ1) is 9.63. The summed E-state index contributed by atoms with van der Waals surface area (Å²) in [5.41, 5.74) is 0.721. The summed E-state index contributed by atoms with van der Waals surface area (Å²) in [5.74, 6) is 0.813. The van der Waals surface area contributed by atoms with Crippen LogP contribution in [0.3, 0.4) is 0 Å². The van der Waals surface area contributed by atoms with Crippen molar-refractivity contribution in [1.82, 2.24) is 20.5 Å². The number of hydrogen-bond acceptors (Lipinski definition) is 4. The molecule has 0 saturated carbocycles. The minimum absolute atomic E-state index is 0.0799. The highest BCUT2D eigenvalue weighted by atomic mass is 35.5. The number of benzene rings is 1. The molecule has 1 aromatic heterocycles. The van der Waals surface area contributed by atoms with E-state index in [0.29, 0.717) is 17.8 Å². The zero-order valence-corrected chi connectivity index (χ0v) is 11.8. The lowest BCUT2D eigenvalue weighted by molar-refractivity contribution is 0.480. The van der Waals surface area contributed by atoms with Crippen molar-refractivity contribution in [1.29, 1.82) is 0 Å². The van der Waals surface area contributed by atoms with Crippen LogP contribution in [0.5, 0.6) is 0 Å². The molecule has 0 amide bonds. The van der Waals surface area contributed by atoms with Crippen molar-refractivity contribution < 1.29 is 4.39 Å². The monoisotopic (exact) mass is 295 g/mol. The van der Waals surface area contributed by atoms with Crippen molar-refractivity contribution in [3.63, 3.8) is 0 Å². The quantitative estimate of drug-likeness (QED) is 0.890. The largest absolute Gasteiger partial charge is 0.337 e. The zero-order chi connectivity index (χ0) is 14.1. The average Bonchev–Trinajstić information content (AvgIpc) is 2.92. The second-order valence-electron chi connectivity index (χ2n) is 4.91. The smallest absolute Gasteiger partial charge is 0.245 e. The number of halogens is 2. The second kappa shape index (κ2) is 5.38. The van der Waals surface area contributed by atoms with Gasteiger partial charge in [-0.2, -0.15) is 4.98 Å². The summed E-state index contributed by atoms with van der Waals surface area (Å²) in [7, 11) is 0. The lowest BCUT2D eigenvalue weighted by Gasteiger charge is -2.30. The molecule has 1 saturated heterocycles.